The molecule has 0 saturated carbocycles. The van der Waals surface area contributed by atoms with E-state index in [0.717, 1.165) is 16.8 Å². The average molecular weight is 284 g/mol. The quantitative estimate of drug-likeness (QED) is 0.828. The summed E-state index contributed by atoms with van der Waals surface area (Å²) in [4.78, 5) is 12.0. The zero-order valence-electron chi connectivity index (χ0n) is 12.3. The van der Waals surface area contributed by atoms with E-state index in [1.165, 1.54) is 0 Å². The number of nitrogens with one attached hydrogen (secondary N) is 1. The number of hydrogen-bond donors (Lipinski definition) is 2. The van der Waals surface area contributed by atoms with Gasteiger partial charge in [0.2, 0.25) is 5.91 Å². The van der Waals surface area contributed by atoms with Crippen LogP contribution in [0.3, 0.4) is 0 Å². The molecule has 3 N–H and O–H groups in total. The van der Waals surface area contributed by atoms with Crippen molar-refractivity contribution in [2.75, 3.05) is 17.7 Å². The molecule has 0 aliphatic heterocycles. The average Bonchev–Trinajstić information content (AvgIpc) is 2.45. The van der Waals surface area contributed by atoms with Crippen LogP contribution in [0.25, 0.3) is 0 Å². The Bertz CT molecular complexity index is 618. The van der Waals surface area contributed by atoms with Gasteiger partial charge in [0, 0.05) is 5.69 Å². The van der Waals surface area contributed by atoms with Crippen LogP contribution in [0.1, 0.15) is 17.5 Å². The minimum atomic E-state index is -0.0677. The topological polar surface area (TPSA) is 64.3 Å². The summed E-state index contributed by atoms with van der Waals surface area (Å²) in [6.45, 7) is 4.25. The van der Waals surface area contributed by atoms with E-state index in [1.807, 2.05) is 44.2 Å². The third-order valence-electron chi connectivity index (χ3n) is 3.25. The van der Waals surface area contributed by atoms with Crippen molar-refractivity contribution in [2.24, 2.45) is 0 Å². The van der Waals surface area contributed by atoms with Crippen LogP contribution in [0.15, 0.2) is 42.5 Å². The molecule has 0 aliphatic carbocycles. The molecule has 0 saturated heterocycles. The van der Waals surface area contributed by atoms with Crippen LogP contribution in [-0.4, -0.2) is 12.5 Å². The second kappa shape index (κ2) is 6.79. The van der Waals surface area contributed by atoms with Crippen molar-refractivity contribution in [3.63, 3.8) is 0 Å². The van der Waals surface area contributed by atoms with Crippen LogP contribution in [-0.2, 0) is 4.79 Å². The zero-order valence-corrected chi connectivity index (χ0v) is 12.3. The predicted octanol–water partition coefficient (Wildman–Crippen LogP) is 3.29. The number of amides is 1. The molecule has 2 aromatic rings. The van der Waals surface area contributed by atoms with E-state index in [0.29, 0.717) is 18.0 Å². The van der Waals surface area contributed by atoms with Gasteiger partial charge in [-0.3, -0.25) is 4.79 Å². The van der Waals surface area contributed by atoms with Gasteiger partial charge in [0.25, 0.3) is 0 Å². The summed E-state index contributed by atoms with van der Waals surface area (Å²) in [6.07, 6.45) is 0.280. The van der Waals surface area contributed by atoms with Crippen molar-refractivity contribution < 1.29 is 9.53 Å². The van der Waals surface area contributed by atoms with E-state index in [2.05, 4.69) is 5.32 Å². The smallest absolute Gasteiger partial charge is 0.227 e. The van der Waals surface area contributed by atoms with E-state index >= 15 is 0 Å². The number of carbonyl (C=O) groups is 1. The number of para-hydroxylation sites is 3. The maximum Gasteiger partial charge on any atom is 0.227 e. The Hall–Kier alpha value is -2.49. The fourth-order valence-electron chi connectivity index (χ4n) is 2.08. The minimum Gasteiger partial charge on any atom is -0.491 e. The summed E-state index contributed by atoms with van der Waals surface area (Å²) in [6, 6.07) is 13.2. The lowest BCUT2D eigenvalue weighted by molar-refractivity contribution is -0.116. The first-order chi connectivity index (χ1) is 10.1. The maximum atomic E-state index is 12.0. The summed E-state index contributed by atoms with van der Waals surface area (Å²) in [5, 5.41) is 2.93. The molecule has 21 heavy (non-hydrogen) atoms. The fraction of sp³-hybridized carbons (Fsp3) is 0.235. The molecule has 110 valence electrons. The summed E-state index contributed by atoms with van der Waals surface area (Å²) >= 11 is 0. The molecule has 0 fully saturated rings. The number of carbonyl (C=O) groups excluding carboxylic acids is 1. The number of rotatable bonds is 5. The van der Waals surface area contributed by atoms with Crippen LogP contribution >= 0.6 is 0 Å². The maximum absolute atomic E-state index is 12.0. The molecular weight excluding hydrogens is 264 g/mol. The first-order valence-corrected chi connectivity index (χ1v) is 6.91. The molecule has 0 spiro atoms. The second-order valence-corrected chi connectivity index (χ2v) is 4.95. The highest BCUT2D eigenvalue weighted by Gasteiger charge is 2.08. The number of ether oxygens (including phenoxy) is 1. The van der Waals surface area contributed by atoms with Gasteiger partial charge >= 0.3 is 0 Å². The van der Waals surface area contributed by atoms with Gasteiger partial charge in [-0.2, -0.15) is 0 Å². The lowest BCUT2D eigenvalue weighted by Crippen LogP contribution is -2.16. The molecule has 0 aliphatic rings. The van der Waals surface area contributed by atoms with Gasteiger partial charge < -0.3 is 15.8 Å². The van der Waals surface area contributed by atoms with Crippen molar-refractivity contribution in [2.45, 2.75) is 20.3 Å². The molecule has 0 bridgehead atoms. The highest BCUT2D eigenvalue weighted by Crippen LogP contribution is 2.21. The second-order valence-electron chi connectivity index (χ2n) is 4.95. The van der Waals surface area contributed by atoms with Crippen molar-refractivity contribution >= 4 is 17.3 Å². The van der Waals surface area contributed by atoms with Gasteiger partial charge in [0.05, 0.1) is 18.7 Å². The largest absolute Gasteiger partial charge is 0.491 e. The monoisotopic (exact) mass is 284 g/mol. The van der Waals surface area contributed by atoms with Gasteiger partial charge in [0.1, 0.15) is 5.75 Å². The highest BCUT2D eigenvalue weighted by atomic mass is 16.5. The standard InChI is InChI=1S/C17H20N2O2/c1-12-6-5-7-13(2)17(12)19-16(20)10-11-21-15-9-4-3-8-14(15)18/h3-9H,10-11,18H2,1-2H3,(H,19,20). The molecule has 0 unspecified atom stereocenters. The number of nitrogens with two attached hydrogens (primary N) is 1. The molecule has 1 amide bonds. The predicted molar refractivity (Wildman–Crippen MR) is 85.5 cm³/mol. The molecule has 0 aromatic heterocycles. The van der Waals surface area contributed by atoms with E-state index in [1.54, 1.807) is 12.1 Å². The van der Waals surface area contributed by atoms with Crippen LogP contribution in [0.2, 0.25) is 0 Å². The van der Waals surface area contributed by atoms with E-state index in [4.69, 9.17) is 10.5 Å². The molecule has 0 radical (unpaired) electrons. The number of hydrogen-bond acceptors (Lipinski definition) is 3. The fourth-order valence-corrected chi connectivity index (χ4v) is 2.08. The van der Waals surface area contributed by atoms with Crippen LogP contribution < -0.4 is 15.8 Å². The minimum absolute atomic E-state index is 0.0677. The van der Waals surface area contributed by atoms with Crippen LogP contribution in [0, 0.1) is 13.8 Å². The number of aryl methyl sites for hydroxylation is 2. The lowest BCUT2D eigenvalue weighted by atomic mass is 10.1. The Morgan fingerprint density at radius 2 is 1.76 bits per heavy atom. The lowest BCUT2D eigenvalue weighted by Gasteiger charge is -2.12. The van der Waals surface area contributed by atoms with Gasteiger partial charge in [0.15, 0.2) is 0 Å². The summed E-state index contributed by atoms with van der Waals surface area (Å²) in [5.41, 5.74) is 9.33. The van der Waals surface area contributed by atoms with Crippen molar-refractivity contribution in [1.82, 2.24) is 0 Å². The third kappa shape index (κ3) is 3.99. The number of anilines is 2. The van der Waals surface area contributed by atoms with Crippen molar-refractivity contribution in [1.29, 1.82) is 0 Å². The van der Waals surface area contributed by atoms with Gasteiger partial charge in [-0.1, -0.05) is 30.3 Å². The Kier molecular flexibility index (Phi) is 4.82. The Morgan fingerprint density at radius 1 is 1.10 bits per heavy atom. The zero-order chi connectivity index (χ0) is 15.2. The normalized spacial score (nSPS) is 10.2. The molecule has 4 nitrogen and oxygen atoms in total. The summed E-state index contributed by atoms with van der Waals surface area (Å²) < 4.78 is 5.52. The molecule has 2 rings (SSSR count). The third-order valence-corrected chi connectivity index (χ3v) is 3.25. The van der Waals surface area contributed by atoms with E-state index in [-0.39, 0.29) is 12.3 Å². The van der Waals surface area contributed by atoms with Crippen molar-refractivity contribution in [3.05, 3.63) is 53.6 Å². The Balaban J connectivity index is 1.87. The first-order valence-electron chi connectivity index (χ1n) is 6.91. The van der Waals surface area contributed by atoms with Gasteiger partial charge in [-0.25, -0.2) is 0 Å². The van der Waals surface area contributed by atoms with Gasteiger partial charge in [-0.05, 0) is 37.1 Å². The number of nitrogen functional groups attached to an aromatic ring is 1. The first kappa shape index (κ1) is 14.9. The van der Waals surface area contributed by atoms with Crippen LogP contribution in [0.5, 0.6) is 5.75 Å². The molecular formula is C17H20N2O2. The molecule has 0 atom stereocenters. The van der Waals surface area contributed by atoms with Crippen molar-refractivity contribution in [3.8, 4) is 5.75 Å². The SMILES string of the molecule is Cc1cccc(C)c1NC(=O)CCOc1ccccc1N. The van der Waals surface area contributed by atoms with Gasteiger partial charge in [-0.15, -0.1) is 0 Å². The molecule has 2 aromatic carbocycles. The highest BCUT2D eigenvalue weighted by molar-refractivity contribution is 5.92. The number of benzene rings is 2. The Morgan fingerprint density at radius 3 is 2.43 bits per heavy atom. The van der Waals surface area contributed by atoms with Crippen LogP contribution in [0.4, 0.5) is 11.4 Å². The van der Waals surface area contributed by atoms with E-state index < -0.39 is 0 Å². The summed E-state index contributed by atoms with van der Waals surface area (Å²) in [5.74, 6) is 0.541. The molecule has 0 heterocycles. The summed E-state index contributed by atoms with van der Waals surface area (Å²) in [7, 11) is 0. The molecule has 4 heteroatoms. The van der Waals surface area contributed by atoms with E-state index in [9.17, 15) is 4.79 Å². The Labute approximate surface area is 124 Å².